The van der Waals surface area contributed by atoms with Gasteiger partial charge in [0.15, 0.2) is 0 Å². The number of carbonyl (C=O) groups is 2. The highest BCUT2D eigenvalue weighted by molar-refractivity contribution is 6.41. The van der Waals surface area contributed by atoms with Crippen LogP contribution in [0.15, 0.2) is 12.1 Å². The Bertz CT molecular complexity index is 511. The lowest BCUT2D eigenvalue weighted by molar-refractivity contribution is -0.137. The zero-order valence-corrected chi connectivity index (χ0v) is 11.9. The van der Waals surface area contributed by atoms with E-state index >= 15 is 0 Å². The van der Waals surface area contributed by atoms with E-state index in [0.717, 1.165) is 0 Å². The van der Waals surface area contributed by atoms with Crippen molar-refractivity contribution < 1.29 is 28.2 Å². The Balaban J connectivity index is 3.32. The first-order valence-corrected chi connectivity index (χ1v) is 6.07. The van der Waals surface area contributed by atoms with Crippen molar-refractivity contribution >= 4 is 11.8 Å². The average Bonchev–Trinajstić information content (AvgIpc) is 2.44. The number of ketones is 1. The molecule has 1 atom stereocenters. The lowest BCUT2D eigenvalue weighted by Gasteiger charge is -2.14. The lowest BCUT2D eigenvalue weighted by Crippen LogP contribution is -2.18. The molecular formula is C14H17FO5. The number of ether oxygens (including phenoxy) is 3. The van der Waals surface area contributed by atoms with Gasteiger partial charge in [0.05, 0.1) is 26.4 Å². The van der Waals surface area contributed by atoms with Crippen molar-refractivity contribution in [3.63, 3.8) is 0 Å². The summed E-state index contributed by atoms with van der Waals surface area (Å²) in [6, 6.07) is 2.62. The van der Waals surface area contributed by atoms with Crippen LogP contribution in [0.5, 0.6) is 11.5 Å². The molecule has 1 aromatic rings. The van der Waals surface area contributed by atoms with Gasteiger partial charge in [-0.15, -0.1) is 0 Å². The summed E-state index contributed by atoms with van der Waals surface area (Å²) in [6.45, 7) is 3.02. The van der Waals surface area contributed by atoms with Gasteiger partial charge in [0, 0.05) is 5.56 Å². The zero-order chi connectivity index (χ0) is 15.3. The monoisotopic (exact) mass is 284 g/mol. The van der Waals surface area contributed by atoms with Gasteiger partial charge >= 0.3 is 5.97 Å². The van der Waals surface area contributed by atoms with Crippen LogP contribution in [0, 0.1) is 0 Å². The third kappa shape index (κ3) is 3.26. The SMILES string of the molecule is CCOC(=O)C(=O)c1cc(OC)c(C(C)F)cc1OC. The van der Waals surface area contributed by atoms with Gasteiger partial charge in [0.25, 0.3) is 5.78 Å². The molecule has 0 saturated heterocycles. The van der Waals surface area contributed by atoms with Crippen molar-refractivity contribution in [1.29, 1.82) is 0 Å². The number of halogens is 1. The molecular weight excluding hydrogens is 267 g/mol. The maximum atomic E-state index is 13.5. The van der Waals surface area contributed by atoms with Crippen LogP contribution < -0.4 is 9.47 Å². The van der Waals surface area contributed by atoms with Gasteiger partial charge in [-0.2, -0.15) is 0 Å². The van der Waals surface area contributed by atoms with E-state index < -0.39 is 17.9 Å². The molecule has 20 heavy (non-hydrogen) atoms. The summed E-state index contributed by atoms with van der Waals surface area (Å²) in [7, 11) is 2.68. The summed E-state index contributed by atoms with van der Waals surface area (Å²) in [6.07, 6.45) is -1.30. The number of hydrogen-bond acceptors (Lipinski definition) is 5. The summed E-state index contributed by atoms with van der Waals surface area (Å²) < 4.78 is 28.2. The minimum atomic E-state index is -1.30. The second-order valence-corrected chi connectivity index (χ2v) is 3.96. The minimum absolute atomic E-state index is 0.0211. The predicted molar refractivity (Wildman–Crippen MR) is 70.0 cm³/mol. The van der Waals surface area contributed by atoms with Crippen molar-refractivity contribution in [2.45, 2.75) is 20.0 Å². The second-order valence-electron chi connectivity index (χ2n) is 3.96. The highest BCUT2D eigenvalue weighted by Gasteiger charge is 2.25. The van der Waals surface area contributed by atoms with E-state index in [1.165, 1.54) is 33.3 Å². The third-order valence-electron chi connectivity index (χ3n) is 2.69. The largest absolute Gasteiger partial charge is 0.496 e. The smallest absolute Gasteiger partial charge is 0.379 e. The first-order chi connectivity index (χ1) is 9.46. The van der Waals surface area contributed by atoms with E-state index in [1.54, 1.807) is 6.92 Å². The number of hydrogen-bond donors (Lipinski definition) is 0. The number of esters is 1. The Morgan fingerprint density at radius 3 is 2.25 bits per heavy atom. The van der Waals surface area contributed by atoms with Crippen LogP contribution in [0.4, 0.5) is 4.39 Å². The number of benzene rings is 1. The first-order valence-electron chi connectivity index (χ1n) is 6.07. The molecule has 1 aromatic carbocycles. The molecule has 1 unspecified atom stereocenters. The Morgan fingerprint density at radius 1 is 1.20 bits per heavy atom. The Morgan fingerprint density at radius 2 is 1.80 bits per heavy atom. The molecule has 0 aromatic heterocycles. The molecule has 6 heteroatoms. The van der Waals surface area contributed by atoms with Crippen LogP contribution in [-0.4, -0.2) is 32.6 Å². The van der Waals surface area contributed by atoms with Crippen LogP contribution in [0.2, 0.25) is 0 Å². The summed E-state index contributed by atoms with van der Waals surface area (Å²) >= 11 is 0. The number of rotatable bonds is 6. The van der Waals surface area contributed by atoms with Gasteiger partial charge in [-0.05, 0) is 26.0 Å². The molecule has 0 bridgehead atoms. The van der Waals surface area contributed by atoms with Crippen molar-refractivity contribution in [1.82, 2.24) is 0 Å². The van der Waals surface area contributed by atoms with Gasteiger partial charge in [-0.25, -0.2) is 9.18 Å². The normalized spacial score (nSPS) is 11.7. The van der Waals surface area contributed by atoms with Gasteiger partial charge in [-0.1, -0.05) is 0 Å². The standard InChI is InChI=1S/C14H17FO5/c1-5-20-14(17)13(16)10-7-11(18-3)9(8(2)15)6-12(10)19-4/h6-8H,5H2,1-4H3. The molecule has 0 radical (unpaired) electrons. The van der Waals surface area contributed by atoms with E-state index in [1.807, 2.05) is 0 Å². The van der Waals surface area contributed by atoms with E-state index in [9.17, 15) is 14.0 Å². The number of carbonyl (C=O) groups excluding carboxylic acids is 2. The fraction of sp³-hybridized carbons (Fsp3) is 0.429. The lowest BCUT2D eigenvalue weighted by atomic mass is 10.0. The summed E-state index contributed by atoms with van der Waals surface area (Å²) in [5, 5.41) is 0. The molecule has 0 N–H and O–H groups in total. The van der Waals surface area contributed by atoms with Crippen molar-refractivity contribution in [3.8, 4) is 11.5 Å². The molecule has 0 fully saturated rings. The van der Waals surface area contributed by atoms with Crippen LogP contribution >= 0.6 is 0 Å². The van der Waals surface area contributed by atoms with Crippen LogP contribution in [0.1, 0.15) is 35.9 Å². The van der Waals surface area contributed by atoms with Crippen LogP contribution in [0.25, 0.3) is 0 Å². The van der Waals surface area contributed by atoms with E-state index in [4.69, 9.17) is 9.47 Å². The summed E-state index contributed by atoms with van der Waals surface area (Å²) in [5.41, 5.74) is 0.219. The van der Waals surface area contributed by atoms with Gasteiger partial charge in [0.2, 0.25) is 0 Å². The quantitative estimate of drug-likeness (QED) is 0.456. The molecule has 0 aliphatic heterocycles. The molecule has 0 aliphatic rings. The van der Waals surface area contributed by atoms with Crippen molar-refractivity contribution in [2.24, 2.45) is 0 Å². The van der Waals surface area contributed by atoms with Gasteiger partial charge < -0.3 is 14.2 Å². The molecule has 0 spiro atoms. The Hall–Kier alpha value is -2.11. The van der Waals surface area contributed by atoms with E-state index in [2.05, 4.69) is 4.74 Å². The highest BCUT2D eigenvalue weighted by Crippen LogP contribution is 2.34. The fourth-order valence-electron chi connectivity index (χ4n) is 1.72. The van der Waals surface area contributed by atoms with Crippen LogP contribution in [-0.2, 0) is 9.53 Å². The fourth-order valence-corrected chi connectivity index (χ4v) is 1.72. The summed E-state index contributed by atoms with van der Waals surface area (Å²) in [4.78, 5) is 23.4. The average molecular weight is 284 g/mol. The van der Waals surface area contributed by atoms with Crippen molar-refractivity contribution in [3.05, 3.63) is 23.3 Å². The maximum Gasteiger partial charge on any atom is 0.379 e. The molecule has 110 valence electrons. The van der Waals surface area contributed by atoms with E-state index in [-0.39, 0.29) is 29.2 Å². The molecule has 0 saturated carbocycles. The highest BCUT2D eigenvalue weighted by atomic mass is 19.1. The molecule has 0 amide bonds. The minimum Gasteiger partial charge on any atom is -0.496 e. The van der Waals surface area contributed by atoms with E-state index in [0.29, 0.717) is 0 Å². The second kappa shape index (κ2) is 6.88. The third-order valence-corrected chi connectivity index (χ3v) is 2.69. The molecule has 1 rings (SSSR count). The number of methoxy groups -OCH3 is 2. The van der Waals surface area contributed by atoms with Crippen LogP contribution in [0.3, 0.4) is 0 Å². The predicted octanol–water partition coefficient (Wildman–Crippen LogP) is 2.48. The summed E-state index contributed by atoms with van der Waals surface area (Å²) in [5.74, 6) is -1.58. The van der Waals surface area contributed by atoms with Gasteiger partial charge in [-0.3, -0.25) is 4.79 Å². The first kappa shape index (κ1) is 15.9. The molecule has 0 aliphatic carbocycles. The number of alkyl halides is 1. The van der Waals surface area contributed by atoms with Crippen molar-refractivity contribution in [2.75, 3.05) is 20.8 Å². The Labute approximate surface area is 116 Å². The Kier molecular flexibility index (Phi) is 5.49. The molecule has 5 nitrogen and oxygen atoms in total. The zero-order valence-electron chi connectivity index (χ0n) is 11.9. The maximum absolute atomic E-state index is 13.5. The molecule has 0 heterocycles. The number of Topliss-reactive ketones (excluding diaryl/α,β-unsaturated/α-hetero) is 1. The topological polar surface area (TPSA) is 61.8 Å². The van der Waals surface area contributed by atoms with Gasteiger partial charge in [0.1, 0.15) is 17.7 Å².